The number of aryl methyl sites for hydroxylation is 1. The lowest BCUT2D eigenvalue weighted by molar-refractivity contribution is -0.118. The number of nitrogens with one attached hydrogen (secondary N) is 2. The lowest BCUT2D eigenvalue weighted by atomic mass is 9.65. The molecule has 0 bridgehead atoms. The van der Waals surface area contributed by atoms with E-state index in [1.807, 2.05) is 24.4 Å². The van der Waals surface area contributed by atoms with E-state index in [-0.39, 0.29) is 17.4 Å². The Kier molecular flexibility index (Phi) is 6.32. The molecule has 9 heteroatoms. The van der Waals surface area contributed by atoms with Crippen LogP contribution >= 0.6 is 11.3 Å². The normalized spacial score (nSPS) is 19.1. The van der Waals surface area contributed by atoms with Crippen molar-refractivity contribution in [3.05, 3.63) is 47.9 Å². The van der Waals surface area contributed by atoms with Crippen molar-refractivity contribution in [1.29, 1.82) is 0 Å². The lowest BCUT2D eigenvalue weighted by Gasteiger charge is -2.42. The van der Waals surface area contributed by atoms with Gasteiger partial charge in [-0.2, -0.15) is 0 Å². The largest absolute Gasteiger partial charge is 0.378 e. The molecule has 5 rings (SSSR count). The number of hydrogen-bond acceptors (Lipinski definition) is 8. The Morgan fingerprint density at radius 3 is 2.82 bits per heavy atom. The molecule has 1 atom stereocenters. The number of amides is 1. The Balaban J connectivity index is 1.19. The van der Waals surface area contributed by atoms with Crippen LogP contribution in [0.3, 0.4) is 0 Å². The number of carbonyl (C=O) groups excluding carboxylic acids is 1. The highest BCUT2D eigenvalue weighted by molar-refractivity contribution is 7.19. The van der Waals surface area contributed by atoms with Gasteiger partial charge in [0, 0.05) is 24.8 Å². The average molecular weight is 465 g/mol. The third-order valence-corrected chi connectivity index (χ3v) is 7.45. The average Bonchev–Trinajstić information content (AvgIpc) is 3.47. The van der Waals surface area contributed by atoms with Gasteiger partial charge in [0.05, 0.1) is 24.4 Å². The predicted octanol–water partition coefficient (Wildman–Crippen LogP) is 4.34. The number of thiazole rings is 1. The van der Waals surface area contributed by atoms with Gasteiger partial charge in [0.2, 0.25) is 5.91 Å². The van der Waals surface area contributed by atoms with Crippen LogP contribution in [-0.4, -0.2) is 45.3 Å². The minimum absolute atomic E-state index is 0.0314. The maximum atomic E-state index is 12.2. The highest BCUT2D eigenvalue weighted by Crippen LogP contribution is 2.44. The maximum absolute atomic E-state index is 12.2. The van der Waals surface area contributed by atoms with Crippen LogP contribution in [0.5, 0.6) is 0 Å². The predicted molar refractivity (Wildman–Crippen MR) is 128 cm³/mol. The molecule has 172 valence electrons. The van der Waals surface area contributed by atoms with Crippen molar-refractivity contribution in [1.82, 2.24) is 20.2 Å². The van der Waals surface area contributed by atoms with E-state index in [4.69, 9.17) is 4.74 Å². The van der Waals surface area contributed by atoms with E-state index in [2.05, 4.69) is 43.8 Å². The Morgan fingerprint density at radius 2 is 2.12 bits per heavy atom. The van der Waals surface area contributed by atoms with Crippen molar-refractivity contribution >= 4 is 28.1 Å². The highest BCUT2D eigenvalue weighted by Gasteiger charge is 2.40. The third kappa shape index (κ3) is 4.89. The van der Waals surface area contributed by atoms with Crippen LogP contribution in [0, 0.1) is 6.92 Å². The molecule has 3 aromatic rings. The summed E-state index contributed by atoms with van der Waals surface area (Å²) in [4.78, 5) is 21.3. The number of rotatable bonds is 8. The fraction of sp³-hybridized carbons (Fsp3) is 0.458. The van der Waals surface area contributed by atoms with Gasteiger partial charge >= 0.3 is 0 Å². The zero-order chi connectivity index (χ0) is 22.7. The summed E-state index contributed by atoms with van der Waals surface area (Å²) in [6.07, 6.45) is 9.40. The van der Waals surface area contributed by atoms with Gasteiger partial charge in [-0.3, -0.25) is 9.78 Å². The third-order valence-electron chi connectivity index (χ3n) is 6.52. The molecule has 1 saturated heterocycles. The quantitative estimate of drug-likeness (QED) is 0.511. The van der Waals surface area contributed by atoms with Gasteiger partial charge in [0.1, 0.15) is 21.5 Å². The maximum Gasteiger partial charge on any atom is 0.227 e. The molecule has 1 amide bonds. The van der Waals surface area contributed by atoms with E-state index in [1.54, 1.807) is 6.20 Å². The first-order valence-electron chi connectivity index (χ1n) is 11.5. The molecular weight excluding hydrogens is 436 g/mol. The number of carbonyl (C=O) groups is 1. The fourth-order valence-electron chi connectivity index (χ4n) is 4.59. The standard InChI is InChI=1S/C24H28N6O2S/c1-16-5-2-11-25-22(16)24(9-4-10-24)15-27-19-8-7-18(29-30-19)23-26-14-21(33-23)28-20(31)13-17-6-3-12-32-17/h2,5,7-8,11,14,17H,3-4,6,9-10,12-13,15H2,1H3,(H,27,30)(H,28,31). The van der Waals surface area contributed by atoms with Crippen molar-refractivity contribution in [2.75, 3.05) is 23.8 Å². The molecule has 2 fully saturated rings. The summed E-state index contributed by atoms with van der Waals surface area (Å²) in [6.45, 7) is 3.66. The van der Waals surface area contributed by atoms with Crippen molar-refractivity contribution in [3.8, 4) is 10.7 Å². The van der Waals surface area contributed by atoms with E-state index < -0.39 is 0 Å². The molecule has 0 spiro atoms. The topological polar surface area (TPSA) is 102 Å². The Hall–Kier alpha value is -2.91. The number of aromatic nitrogens is 4. The van der Waals surface area contributed by atoms with E-state index in [0.717, 1.165) is 49.7 Å². The fourth-order valence-corrected chi connectivity index (χ4v) is 5.39. The molecule has 3 aromatic heterocycles. The zero-order valence-electron chi connectivity index (χ0n) is 18.7. The number of hydrogen-bond donors (Lipinski definition) is 2. The molecular formula is C24H28N6O2S. The lowest BCUT2D eigenvalue weighted by Crippen LogP contribution is -2.42. The first kappa shape index (κ1) is 21.9. The Bertz CT molecular complexity index is 1110. The molecule has 1 unspecified atom stereocenters. The van der Waals surface area contributed by atoms with E-state index in [0.29, 0.717) is 17.1 Å². The van der Waals surface area contributed by atoms with Crippen molar-refractivity contribution in [2.45, 2.75) is 57.0 Å². The highest BCUT2D eigenvalue weighted by atomic mass is 32.1. The number of anilines is 2. The molecule has 0 radical (unpaired) electrons. The summed E-state index contributed by atoms with van der Waals surface area (Å²) >= 11 is 1.39. The summed E-state index contributed by atoms with van der Waals surface area (Å²) < 4.78 is 5.53. The van der Waals surface area contributed by atoms with Gasteiger partial charge in [0.25, 0.3) is 0 Å². The summed E-state index contributed by atoms with van der Waals surface area (Å²) in [5.41, 5.74) is 3.18. The molecule has 1 saturated carbocycles. The van der Waals surface area contributed by atoms with Crippen LogP contribution in [0.15, 0.2) is 36.7 Å². The monoisotopic (exact) mass is 464 g/mol. The van der Waals surface area contributed by atoms with Gasteiger partial charge in [-0.15, -0.1) is 10.2 Å². The molecule has 2 aliphatic rings. The van der Waals surface area contributed by atoms with Gasteiger partial charge in [0.15, 0.2) is 0 Å². The van der Waals surface area contributed by atoms with Gasteiger partial charge in [-0.1, -0.05) is 23.8 Å². The van der Waals surface area contributed by atoms with Gasteiger partial charge in [-0.25, -0.2) is 4.98 Å². The van der Waals surface area contributed by atoms with E-state index in [1.165, 1.54) is 29.0 Å². The second kappa shape index (κ2) is 9.52. The minimum Gasteiger partial charge on any atom is -0.378 e. The van der Waals surface area contributed by atoms with Gasteiger partial charge in [-0.05, 0) is 56.4 Å². The molecule has 8 nitrogen and oxygen atoms in total. The van der Waals surface area contributed by atoms with Crippen molar-refractivity contribution < 1.29 is 9.53 Å². The SMILES string of the molecule is Cc1cccnc1C1(CNc2ccc(-c3ncc(NC(=O)CC4CCCO4)s3)nn2)CCC1. The summed E-state index contributed by atoms with van der Waals surface area (Å²) in [5.74, 6) is 0.691. The number of ether oxygens (including phenoxy) is 1. The van der Waals surface area contributed by atoms with Crippen molar-refractivity contribution in [3.63, 3.8) is 0 Å². The second-order valence-electron chi connectivity index (χ2n) is 8.88. The summed E-state index contributed by atoms with van der Waals surface area (Å²) in [6, 6.07) is 7.95. The molecule has 33 heavy (non-hydrogen) atoms. The molecule has 1 aliphatic carbocycles. The van der Waals surface area contributed by atoms with Crippen LogP contribution in [0.1, 0.15) is 49.8 Å². The van der Waals surface area contributed by atoms with Crippen molar-refractivity contribution in [2.24, 2.45) is 0 Å². The molecule has 1 aliphatic heterocycles. The smallest absolute Gasteiger partial charge is 0.227 e. The molecule has 2 N–H and O–H groups in total. The number of nitrogens with zero attached hydrogens (tertiary/aromatic N) is 4. The van der Waals surface area contributed by atoms with Crippen LogP contribution in [0.25, 0.3) is 10.7 Å². The summed E-state index contributed by atoms with van der Waals surface area (Å²) in [5, 5.41) is 16.5. The first-order valence-corrected chi connectivity index (χ1v) is 12.3. The number of pyridine rings is 1. The van der Waals surface area contributed by atoms with Gasteiger partial charge < -0.3 is 15.4 Å². The second-order valence-corrected chi connectivity index (χ2v) is 9.91. The first-order chi connectivity index (χ1) is 16.1. The van der Waals surface area contributed by atoms with Crippen LogP contribution in [-0.2, 0) is 14.9 Å². The van der Waals surface area contributed by atoms with Crippen LogP contribution in [0.2, 0.25) is 0 Å². The van der Waals surface area contributed by atoms with Crippen LogP contribution < -0.4 is 10.6 Å². The molecule has 0 aromatic carbocycles. The minimum atomic E-state index is -0.0456. The summed E-state index contributed by atoms with van der Waals surface area (Å²) in [7, 11) is 0. The Morgan fingerprint density at radius 1 is 1.21 bits per heavy atom. The van der Waals surface area contributed by atoms with E-state index in [9.17, 15) is 4.79 Å². The molecule has 4 heterocycles. The van der Waals surface area contributed by atoms with E-state index >= 15 is 0 Å². The zero-order valence-corrected chi connectivity index (χ0v) is 19.5. The van der Waals surface area contributed by atoms with Crippen LogP contribution in [0.4, 0.5) is 10.8 Å². The Labute approximate surface area is 197 Å².